The lowest BCUT2D eigenvalue weighted by atomic mass is 9.97. The van der Waals surface area contributed by atoms with Crippen LogP contribution in [0, 0.1) is 5.82 Å². The maximum atomic E-state index is 13.7. The first-order chi connectivity index (χ1) is 15.3. The highest BCUT2D eigenvalue weighted by molar-refractivity contribution is 7.89. The van der Waals surface area contributed by atoms with Gasteiger partial charge in [-0.05, 0) is 55.7 Å². The van der Waals surface area contributed by atoms with Crippen molar-refractivity contribution in [2.24, 2.45) is 0 Å². The number of hydrogen-bond donors (Lipinski definition) is 4. The van der Waals surface area contributed by atoms with Crippen LogP contribution >= 0.6 is 11.6 Å². The molecule has 2 amide bonds. The molecule has 1 aliphatic rings. The number of hydrogen-bond acceptors (Lipinski definition) is 5. The van der Waals surface area contributed by atoms with Crippen LogP contribution in [0.1, 0.15) is 19.3 Å². The molecule has 174 valence electrons. The van der Waals surface area contributed by atoms with Crippen molar-refractivity contribution >= 4 is 33.3 Å². The summed E-state index contributed by atoms with van der Waals surface area (Å²) in [6.07, 6.45) is 0.502. The van der Waals surface area contributed by atoms with Crippen molar-refractivity contribution in [2.75, 3.05) is 18.5 Å². The lowest BCUT2D eigenvalue weighted by Crippen LogP contribution is -2.52. The van der Waals surface area contributed by atoms with Crippen LogP contribution in [0.3, 0.4) is 0 Å². The molecule has 11 heteroatoms. The molecule has 32 heavy (non-hydrogen) atoms. The van der Waals surface area contributed by atoms with E-state index in [9.17, 15) is 22.7 Å². The van der Waals surface area contributed by atoms with Crippen LogP contribution in [0.15, 0.2) is 53.4 Å². The van der Waals surface area contributed by atoms with E-state index < -0.39 is 38.9 Å². The zero-order valence-electron chi connectivity index (χ0n) is 17.1. The number of carbonyl (C=O) groups is 1. The molecule has 0 aromatic heterocycles. The van der Waals surface area contributed by atoms with E-state index in [0.717, 1.165) is 6.07 Å². The quantitative estimate of drug-likeness (QED) is 0.458. The summed E-state index contributed by atoms with van der Waals surface area (Å²) in [5.41, 5.74) is 0.573. The van der Waals surface area contributed by atoms with Gasteiger partial charge in [0.1, 0.15) is 16.8 Å². The summed E-state index contributed by atoms with van der Waals surface area (Å²) >= 11 is 5.83. The summed E-state index contributed by atoms with van der Waals surface area (Å²) in [4.78, 5) is 11.8. The van der Waals surface area contributed by atoms with Crippen LogP contribution in [-0.4, -0.2) is 51.0 Å². The average molecular weight is 486 g/mol. The van der Waals surface area contributed by atoms with E-state index in [1.165, 1.54) is 18.2 Å². The molecular formula is C21H25ClFN3O5S. The van der Waals surface area contributed by atoms with Crippen molar-refractivity contribution in [3.05, 3.63) is 59.4 Å². The number of urea groups is 1. The predicted octanol–water partition coefficient (Wildman–Crippen LogP) is 2.88. The van der Waals surface area contributed by atoms with Gasteiger partial charge in [-0.2, -0.15) is 0 Å². The van der Waals surface area contributed by atoms with Crippen LogP contribution in [0.25, 0.3) is 0 Å². The molecule has 3 atom stereocenters. The van der Waals surface area contributed by atoms with Crippen molar-refractivity contribution in [1.82, 2.24) is 10.0 Å². The van der Waals surface area contributed by atoms with E-state index in [0.29, 0.717) is 30.0 Å². The highest BCUT2D eigenvalue weighted by Gasteiger charge is 2.32. The molecule has 3 rings (SSSR count). The second-order valence-corrected chi connectivity index (χ2v) is 9.56. The van der Waals surface area contributed by atoms with Crippen molar-refractivity contribution in [3.8, 4) is 0 Å². The summed E-state index contributed by atoms with van der Waals surface area (Å²) in [5.74, 6) is -0.819. The van der Waals surface area contributed by atoms with Crippen molar-refractivity contribution < 1.29 is 27.4 Å². The number of amides is 2. The molecule has 2 aromatic rings. The minimum Gasteiger partial charge on any atom is -0.394 e. The summed E-state index contributed by atoms with van der Waals surface area (Å²) < 4.78 is 46.5. The highest BCUT2D eigenvalue weighted by Crippen LogP contribution is 2.22. The molecule has 1 fully saturated rings. The molecule has 1 heterocycles. The number of halogens is 2. The first-order valence-electron chi connectivity index (χ1n) is 10.1. The Morgan fingerprint density at radius 3 is 2.56 bits per heavy atom. The fourth-order valence-electron chi connectivity index (χ4n) is 3.47. The second kappa shape index (κ2) is 11.1. The zero-order valence-corrected chi connectivity index (χ0v) is 18.7. The lowest BCUT2D eigenvalue weighted by molar-refractivity contribution is -0.0884. The number of anilines is 1. The van der Waals surface area contributed by atoms with E-state index in [1.54, 1.807) is 24.3 Å². The highest BCUT2D eigenvalue weighted by atomic mass is 35.5. The molecule has 0 spiro atoms. The number of ether oxygens (including phenoxy) is 1. The predicted molar refractivity (Wildman–Crippen MR) is 119 cm³/mol. The van der Waals surface area contributed by atoms with Crippen LogP contribution in [0.4, 0.5) is 14.9 Å². The standard InChI is InChI=1S/C21H25ClFN3O5S/c22-14-5-7-15(8-6-14)25-21(28)26-18-10-9-16(31-19(18)13-27)11-12-24-32(29,30)20-4-2-1-3-17(20)23/h1-8,16,18-19,24,27H,9-13H2,(H2,25,26,28)/t16-,18-,19-/m0/s1. The Labute approximate surface area is 191 Å². The van der Waals surface area contributed by atoms with Crippen LogP contribution in [0.5, 0.6) is 0 Å². The van der Waals surface area contributed by atoms with Gasteiger partial charge >= 0.3 is 6.03 Å². The summed E-state index contributed by atoms with van der Waals surface area (Å²) in [6.45, 7) is -0.252. The van der Waals surface area contributed by atoms with E-state index in [1.807, 2.05) is 0 Å². The Balaban J connectivity index is 1.47. The van der Waals surface area contributed by atoms with Gasteiger partial charge in [-0.25, -0.2) is 22.3 Å². The Morgan fingerprint density at radius 1 is 1.16 bits per heavy atom. The molecule has 0 saturated carbocycles. The van der Waals surface area contributed by atoms with E-state index in [4.69, 9.17) is 16.3 Å². The van der Waals surface area contributed by atoms with Crippen LogP contribution < -0.4 is 15.4 Å². The van der Waals surface area contributed by atoms with Crippen molar-refractivity contribution in [2.45, 2.75) is 42.4 Å². The second-order valence-electron chi connectivity index (χ2n) is 7.39. The number of carbonyl (C=O) groups excluding carboxylic acids is 1. The number of rotatable bonds is 8. The molecule has 0 bridgehead atoms. The molecule has 0 radical (unpaired) electrons. The molecule has 0 aliphatic carbocycles. The lowest BCUT2D eigenvalue weighted by Gasteiger charge is -2.36. The molecule has 0 unspecified atom stereocenters. The van der Waals surface area contributed by atoms with Gasteiger partial charge in [0.25, 0.3) is 0 Å². The zero-order chi connectivity index (χ0) is 23.1. The molecular weight excluding hydrogens is 461 g/mol. The largest absolute Gasteiger partial charge is 0.394 e. The third kappa shape index (κ3) is 6.63. The summed E-state index contributed by atoms with van der Waals surface area (Å²) in [7, 11) is -3.97. The minimum atomic E-state index is -3.97. The maximum absolute atomic E-state index is 13.7. The molecule has 8 nitrogen and oxygen atoms in total. The van der Waals surface area contributed by atoms with Gasteiger partial charge in [-0.1, -0.05) is 23.7 Å². The fourth-order valence-corrected chi connectivity index (χ4v) is 4.72. The van der Waals surface area contributed by atoms with Gasteiger partial charge in [-0.15, -0.1) is 0 Å². The van der Waals surface area contributed by atoms with Crippen LogP contribution in [0.2, 0.25) is 5.02 Å². The number of benzene rings is 2. The van der Waals surface area contributed by atoms with Gasteiger partial charge in [0, 0.05) is 17.3 Å². The Kier molecular flexibility index (Phi) is 8.44. The Morgan fingerprint density at radius 2 is 1.88 bits per heavy atom. The average Bonchev–Trinajstić information content (AvgIpc) is 2.76. The molecule has 1 aliphatic heterocycles. The van der Waals surface area contributed by atoms with Gasteiger partial charge in [0.05, 0.1) is 18.8 Å². The molecule has 2 aromatic carbocycles. The number of nitrogens with one attached hydrogen (secondary N) is 3. The number of sulfonamides is 1. The van der Waals surface area contributed by atoms with E-state index in [2.05, 4.69) is 15.4 Å². The summed E-state index contributed by atoms with van der Waals surface area (Å²) in [6, 6.07) is 11.0. The van der Waals surface area contributed by atoms with Crippen LogP contribution in [-0.2, 0) is 14.8 Å². The maximum Gasteiger partial charge on any atom is 0.319 e. The van der Waals surface area contributed by atoms with E-state index in [-0.39, 0.29) is 19.3 Å². The smallest absolute Gasteiger partial charge is 0.319 e. The van der Waals surface area contributed by atoms with Crippen molar-refractivity contribution in [1.29, 1.82) is 0 Å². The topological polar surface area (TPSA) is 117 Å². The normalized spacial score (nSPS) is 21.2. The first-order valence-corrected chi connectivity index (χ1v) is 12.0. The van der Waals surface area contributed by atoms with Gasteiger partial charge in [0.15, 0.2) is 0 Å². The minimum absolute atomic E-state index is 0.0502. The van der Waals surface area contributed by atoms with Gasteiger partial charge in [0.2, 0.25) is 10.0 Å². The first kappa shape index (κ1) is 24.4. The van der Waals surface area contributed by atoms with Gasteiger partial charge < -0.3 is 20.5 Å². The molecule has 1 saturated heterocycles. The Hall–Kier alpha value is -2.24. The fraction of sp³-hybridized carbons (Fsp3) is 0.381. The monoisotopic (exact) mass is 485 g/mol. The SMILES string of the molecule is O=C(Nc1ccc(Cl)cc1)N[C@H]1CC[C@@H](CCNS(=O)(=O)c2ccccc2F)O[C@H]1CO. The molecule has 4 N–H and O–H groups in total. The summed E-state index contributed by atoms with van der Waals surface area (Å²) in [5, 5.41) is 15.7. The Bertz CT molecular complexity index is 1020. The van der Waals surface area contributed by atoms with Gasteiger partial charge in [-0.3, -0.25) is 0 Å². The number of aliphatic hydroxyl groups excluding tert-OH is 1. The number of aliphatic hydroxyl groups is 1. The van der Waals surface area contributed by atoms with E-state index >= 15 is 0 Å². The van der Waals surface area contributed by atoms with Crippen molar-refractivity contribution in [3.63, 3.8) is 0 Å². The third-order valence-electron chi connectivity index (χ3n) is 5.10. The third-order valence-corrected chi connectivity index (χ3v) is 6.85.